The van der Waals surface area contributed by atoms with E-state index in [4.69, 9.17) is 5.11 Å². The largest absolute Gasteiger partial charge is 0.481 e. The van der Waals surface area contributed by atoms with Crippen LogP contribution in [0.15, 0.2) is 23.1 Å². The minimum atomic E-state index is -5.00. The van der Waals surface area contributed by atoms with Gasteiger partial charge in [0, 0.05) is 24.9 Å². The molecule has 1 aliphatic heterocycles. The summed E-state index contributed by atoms with van der Waals surface area (Å²) in [6.45, 7) is 0.347. The molecule has 1 heterocycles. The fourth-order valence-electron chi connectivity index (χ4n) is 3.02. The number of hydrogen-bond donors (Lipinski definition) is 1. The van der Waals surface area contributed by atoms with Gasteiger partial charge in [-0.2, -0.15) is 13.2 Å². The molecule has 1 saturated heterocycles. The molecule has 0 radical (unpaired) electrons. The fourth-order valence-corrected chi connectivity index (χ4v) is 4.05. The first-order valence-electron chi connectivity index (χ1n) is 7.76. The van der Waals surface area contributed by atoms with Crippen LogP contribution in [0.4, 0.5) is 13.2 Å². The predicted molar refractivity (Wildman–Crippen MR) is 85.6 cm³/mol. The lowest BCUT2D eigenvalue weighted by atomic mass is 9.86. The number of alkyl halides is 3. The lowest BCUT2D eigenvalue weighted by Gasteiger charge is -2.27. The zero-order chi connectivity index (χ0) is 19.9. The summed E-state index contributed by atoms with van der Waals surface area (Å²) in [6, 6.07) is 3.91. The highest BCUT2D eigenvalue weighted by molar-refractivity contribution is 7.90. The standard InChI is InChI=1S/C16H18F3NO5S/c1-3-10-4-5-11(8-12(10)26(2,24)25)13(21)20-7-6-15(9-20,14(22)23)16(17,18)19/h4-5,8H,3,6-7,9H2,1-2H3,(H,22,23). The number of carboxylic acids is 1. The number of aliphatic carboxylic acids is 1. The van der Waals surface area contributed by atoms with Gasteiger partial charge in [-0.3, -0.25) is 9.59 Å². The normalized spacial score (nSPS) is 21.0. The van der Waals surface area contributed by atoms with Crippen molar-refractivity contribution >= 4 is 21.7 Å². The van der Waals surface area contributed by atoms with Crippen LogP contribution in [0.1, 0.15) is 29.3 Å². The molecule has 26 heavy (non-hydrogen) atoms. The summed E-state index contributed by atoms with van der Waals surface area (Å²) in [5.74, 6) is -2.86. The van der Waals surface area contributed by atoms with E-state index in [1.807, 2.05) is 0 Å². The van der Waals surface area contributed by atoms with Crippen LogP contribution in [0.25, 0.3) is 0 Å². The molecule has 1 unspecified atom stereocenters. The van der Waals surface area contributed by atoms with Crippen LogP contribution in [0.3, 0.4) is 0 Å². The number of halogens is 3. The fraction of sp³-hybridized carbons (Fsp3) is 0.500. The predicted octanol–water partition coefficient (Wildman–Crippen LogP) is 2.13. The van der Waals surface area contributed by atoms with Crippen molar-refractivity contribution in [3.63, 3.8) is 0 Å². The molecule has 1 aromatic rings. The Morgan fingerprint density at radius 2 is 1.92 bits per heavy atom. The molecule has 1 aromatic carbocycles. The molecule has 2 rings (SSSR count). The highest BCUT2D eigenvalue weighted by Crippen LogP contribution is 2.46. The van der Waals surface area contributed by atoms with Gasteiger partial charge < -0.3 is 10.0 Å². The summed E-state index contributed by atoms with van der Waals surface area (Å²) in [7, 11) is -3.63. The quantitative estimate of drug-likeness (QED) is 0.846. The Morgan fingerprint density at radius 1 is 1.31 bits per heavy atom. The van der Waals surface area contributed by atoms with Gasteiger partial charge in [0.2, 0.25) is 0 Å². The molecule has 1 amide bonds. The van der Waals surface area contributed by atoms with Gasteiger partial charge in [0.1, 0.15) is 0 Å². The van der Waals surface area contributed by atoms with E-state index in [0.717, 1.165) is 17.2 Å². The molecule has 0 saturated carbocycles. The number of nitrogens with zero attached hydrogens (tertiary/aromatic N) is 1. The smallest absolute Gasteiger partial charge is 0.406 e. The molecule has 144 valence electrons. The van der Waals surface area contributed by atoms with Gasteiger partial charge in [0.15, 0.2) is 15.3 Å². The molecule has 1 fully saturated rings. The molecular weight excluding hydrogens is 375 g/mol. The van der Waals surface area contributed by atoms with Crippen LogP contribution in [-0.2, 0) is 21.1 Å². The number of likely N-dealkylation sites (tertiary alicyclic amines) is 1. The first-order chi connectivity index (χ1) is 11.8. The molecule has 0 aliphatic carbocycles. The van der Waals surface area contributed by atoms with E-state index in [2.05, 4.69) is 0 Å². The Bertz CT molecular complexity index is 850. The molecule has 0 aromatic heterocycles. The van der Waals surface area contributed by atoms with Gasteiger partial charge in [0.05, 0.1) is 4.90 Å². The molecule has 1 aliphatic rings. The number of sulfone groups is 1. The van der Waals surface area contributed by atoms with Crippen LogP contribution in [-0.4, -0.2) is 55.8 Å². The highest BCUT2D eigenvalue weighted by atomic mass is 32.2. The van der Waals surface area contributed by atoms with Crippen molar-refractivity contribution in [2.24, 2.45) is 5.41 Å². The number of hydrogen-bond acceptors (Lipinski definition) is 4. The molecule has 10 heteroatoms. The van der Waals surface area contributed by atoms with E-state index < -0.39 is 46.3 Å². The maximum absolute atomic E-state index is 13.2. The summed E-state index contributed by atoms with van der Waals surface area (Å²) in [5, 5.41) is 9.05. The first kappa shape index (κ1) is 20.2. The van der Waals surface area contributed by atoms with Crippen molar-refractivity contribution in [1.82, 2.24) is 4.90 Å². The highest BCUT2D eigenvalue weighted by Gasteiger charge is 2.64. The van der Waals surface area contributed by atoms with Crippen LogP contribution in [0.5, 0.6) is 0 Å². The minimum Gasteiger partial charge on any atom is -0.481 e. The van der Waals surface area contributed by atoms with E-state index in [0.29, 0.717) is 12.0 Å². The molecule has 6 nitrogen and oxygen atoms in total. The van der Waals surface area contributed by atoms with Crippen molar-refractivity contribution in [3.05, 3.63) is 29.3 Å². The van der Waals surface area contributed by atoms with Crippen molar-refractivity contribution in [1.29, 1.82) is 0 Å². The van der Waals surface area contributed by atoms with Gasteiger partial charge in [-0.05, 0) is 30.5 Å². The molecule has 1 N–H and O–H groups in total. The zero-order valence-electron chi connectivity index (χ0n) is 14.1. The van der Waals surface area contributed by atoms with Gasteiger partial charge >= 0.3 is 12.1 Å². The Morgan fingerprint density at radius 3 is 2.35 bits per heavy atom. The number of benzene rings is 1. The van der Waals surface area contributed by atoms with Gasteiger partial charge in [-0.25, -0.2) is 8.42 Å². The summed E-state index contributed by atoms with van der Waals surface area (Å²) < 4.78 is 63.4. The monoisotopic (exact) mass is 393 g/mol. The SMILES string of the molecule is CCc1ccc(C(=O)N2CCC(C(=O)O)(C(F)(F)F)C2)cc1S(C)(=O)=O. The van der Waals surface area contributed by atoms with Crippen molar-refractivity contribution < 1.29 is 36.3 Å². The number of carbonyl (C=O) groups is 2. The third-order valence-corrected chi connectivity index (χ3v) is 5.78. The molecule has 0 spiro atoms. The second-order valence-corrected chi connectivity index (χ2v) is 8.29. The summed E-state index contributed by atoms with van der Waals surface area (Å²) >= 11 is 0. The van der Waals surface area contributed by atoms with Crippen LogP contribution < -0.4 is 0 Å². The Hall–Kier alpha value is -2.10. The first-order valence-corrected chi connectivity index (χ1v) is 9.65. The summed E-state index contributed by atoms with van der Waals surface area (Å²) in [5.41, 5.74) is -2.61. The van der Waals surface area contributed by atoms with Gasteiger partial charge in [-0.1, -0.05) is 13.0 Å². The van der Waals surface area contributed by atoms with E-state index in [9.17, 15) is 31.2 Å². The number of rotatable bonds is 4. The summed E-state index contributed by atoms with van der Waals surface area (Å²) in [6.07, 6.45) is -4.37. The average Bonchev–Trinajstić information content (AvgIpc) is 2.99. The third kappa shape index (κ3) is 3.42. The van der Waals surface area contributed by atoms with Crippen molar-refractivity contribution in [3.8, 4) is 0 Å². The lowest BCUT2D eigenvalue weighted by molar-refractivity contribution is -0.227. The van der Waals surface area contributed by atoms with E-state index >= 15 is 0 Å². The Balaban J connectivity index is 2.38. The molecule has 0 bridgehead atoms. The number of aryl methyl sites for hydroxylation is 1. The Kier molecular flexibility index (Phi) is 5.10. The van der Waals surface area contributed by atoms with E-state index in [1.165, 1.54) is 12.1 Å². The van der Waals surface area contributed by atoms with Crippen LogP contribution >= 0.6 is 0 Å². The van der Waals surface area contributed by atoms with E-state index in [1.54, 1.807) is 6.92 Å². The molecular formula is C16H18F3NO5S. The Labute approximate surface area is 148 Å². The number of carbonyl (C=O) groups excluding carboxylic acids is 1. The second-order valence-electron chi connectivity index (χ2n) is 6.31. The zero-order valence-corrected chi connectivity index (χ0v) is 14.9. The number of carboxylic acid groups (broad SMARTS) is 1. The van der Waals surface area contributed by atoms with Gasteiger partial charge in [0.25, 0.3) is 5.91 Å². The van der Waals surface area contributed by atoms with Gasteiger partial charge in [-0.15, -0.1) is 0 Å². The van der Waals surface area contributed by atoms with E-state index in [-0.39, 0.29) is 17.0 Å². The maximum atomic E-state index is 13.2. The topological polar surface area (TPSA) is 91.8 Å². The van der Waals surface area contributed by atoms with Crippen LogP contribution in [0, 0.1) is 5.41 Å². The maximum Gasteiger partial charge on any atom is 0.406 e. The molecule has 1 atom stereocenters. The minimum absolute atomic E-state index is 0.0645. The van der Waals surface area contributed by atoms with Crippen molar-refractivity contribution in [2.75, 3.05) is 19.3 Å². The average molecular weight is 393 g/mol. The van der Waals surface area contributed by atoms with Crippen molar-refractivity contribution in [2.45, 2.75) is 30.8 Å². The third-order valence-electron chi connectivity index (χ3n) is 4.60. The second kappa shape index (κ2) is 6.57. The summed E-state index contributed by atoms with van der Waals surface area (Å²) in [4.78, 5) is 24.5. The number of amides is 1. The van der Waals surface area contributed by atoms with Crippen LogP contribution in [0.2, 0.25) is 0 Å². The lowest BCUT2D eigenvalue weighted by Crippen LogP contribution is -2.47.